The van der Waals surface area contributed by atoms with Crippen LogP contribution in [0.5, 0.6) is 0 Å². The number of rotatable bonds is 6. The summed E-state index contributed by atoms with van der Waals surface area (Å²) in [5, 5.41) is 21.6. The summed E-state index contributed by atoms with van der Waals surface area (Å²) in [6.07, 6.45) is -0.543. The summed E-state index contributed by atoms with van der Waals surface area (Å²) >= 11 is 12.0. The van der Waals surface area contributed by atoms with Crippen LogP contribution in [-0.2, 0) is 20.2 Å². The first-order chi connectivity index (χ1) is 14.8. The Labute approximate surface area is 194 Å². The fourth-order valence-corrected chi connectivity index (χ4v) is 5.29. The Kier molecular flexibility index (Phi) is 7.15. The second-order valence-electron chi connectivity index (χ2n) is 7.37. The number of nitrogens with zero attached hydrogens (tertiary/aromatic N) is 2. The van der Waals surface area contributed by atoms with Crippen LogP contribution in [0.3, 0.4) is 0 Å². The molecule has 4 unspecified atom stereocenters. The third-order valence-corrected chi connectivity index (χ3v) is 7.51. The molecule has 0 spiro atoms. The zero-order chi connectivity index (χ0) is 23.8. The number of aliphatic hydroxyl groups is 1. The first-order valence-corrected chi connectivity index (χ1v) is 12.8. The third-order valence-electron chi connectivity index (χ3n) is 5.03. The molecule has 0 saturated heterocycles. The molecule has 1 aliphatic carbocycles. The van der Waals surface area contributed by atoms with Gasteiger partial charge in [-0.2, -0.15) is 27.1 Å². The monoisotopic (exact) mass is 523 g/mol. The van der Waals surface area contributed by atoms with Crippen LogP contribution in [-0.4, -0.2) is 49.2 Å². The highest BCUT2D eigenvalue weighted by Gasteiger charge is 2.41. The lowest BCUT2D eigenvalue weighted by atomic mass is 10.1. The molecule has 0 heterocycles. The minimum atomic E-state index is -4.55. The van der Waals surface area contributed by atoms with Crippen molar-refractivity contribution in [3.8, 4) is 0 Å². The number of anilines is 1. The Morgan fingerprint density at radius 1 is 1.03 bits per heavy atom. The molecule has 0 radical (unpaired) electrons. The number of benzene rings is 2. The normalized spacial score (nSPS) is 24.2. The molecule has 0 amide bonds. The van der Waals surface area contributed by atoms with Crippen molar-refractivity contribution in [3.05, 3.63) is 46.4 Å². The molecule has 2 aromatic carbocycles. The van der Waals surface area contributed by atoms with Crippen LogP contribution in [0.15, 0.2) is 56.4 Å². The molecule has 174 valence electrons. The summed E-state index contributed by atoms with van der Waals surface area (Å²) in [5.41, 5.74) is 0.449. The van der Waals surface area contributed by atoms with Crippen molar-refractivity contribution >= 4 is 54.8 Å². The molecule has 10 nitrogen and oxygen atoms in total. The van der Waals surface area contributed by atoms with Gasteiger partial charge in [0.15, 0.2) is 0 Å². The van der Waals surface area contributed by atoms with Gasteiger partial charge in [0.05, 0.1) is 38.5 Å². The van der Waals surface area contributed by atoms with Crippen molar-refractivity contribution in [2.24, 2.45) is 16.1 Å². The quantitative estimate of drug-likeness (QED) is 0.327. The lowest BCUT2D eigenvalue weighted by molar-refractivity contribution is 0.147. The molecule has 0 bridgehead atoms. The van der Waals surface area contributed by atoms with Crippen LogP contribution in [0.2, 0.25) is 10.0 Å². The largest absolute Gasteiger partial charge is 0.389 e. The van der Waals surface area contributed by atoms with E-state index in [2.05, 4.69) is 15.5 Å². The average molecular weight is 524 g/mol. The smallest absolute Gasteiger partial charge is 0.296 e. The average Bonchev–Trinajstić information content (AvgIpc) is 2.94. The number of hydrogen-bond acceptors (Lipinski definition) is 8. The van der Waals surface area contributed by atoms with Crippen molar-refractivity contribution in [2.45, 2.75) is 41.3 Å². The first-order valence-electron chi connectivity index (χ1n) is 9.17. The number of aliphatic hydroxyl groups excluding tert-OH is 1. The Morgan fingerprint density at radius 2 is 1.72 bits per heavy atom. The van der Waals surface area contributed by atoms with E-state index in [0.29, 0.717) is 6.42 Å². The van der Waals surface area contributed by atoms with Crippen molar-refractivity contribution < 1.29 is 31.0 Å². The van der Waals surface area contributed by atoms with E-state index in [-0.39, 0.29) is 32.2 Å². The fourth-order valence-electron chi connectivity index (χ4n) is 3.46. The fraction of sp³-hybridized carbons (Fsp3) is 0.333. The van der Waals surface area contributed by atoms with Gasteiger partial charge in [-0.3, -0.25) is 9.11 Å². The molecule has 4 atom stereocenters. The number of halogens is 2. The molecule has 0 aliphatic heterocycles. The Hall–Kier alpha value is -1.80. The van der Waals surface area contributed by atoms with Crippen LogP contribution < -0.4 is 5.32 Å². The summed E-state index contributed by atoms with van der Waals surface area (Å²) in [6, 6.07) is 6.35. The predicted molar refractivity (Wildman–Crippen MR) is 118 cm³/mol. The first kappa shape index (κ1) is 24.8. The Bertz CT molecular complexity index is 1270. The van der Waals surface area contributed by atoms with Gasteiger partial charge in [-0.05, 0) is 42.7 Å². The minimum absolute atomic E-state index is 0.0195. The lowest BCUT2D eigenvalue weighted by Gasteiger charge is -2.20. The van der Waals surface area contributed by atoms with Gasteiger partial charge in [-0.25, -0.2) is 0 Å². The van der Waals surface area contributed by atoms with Gasteiger partial charge in [-0.15, -0.1) is 0 Å². The van der Waals surface area contributed by atoms with E-state index >= 15 is 0 Å². The van der Waals surface area contributed by atoms with E-state index < -0.39 is 43.3 Å². The maximum absolute atomic E-state index is 11.3. The van der Waals surface area contributed by atoms with Crippen LogP contribution in [0.4, 0.5) is 11.4 Å². The lowest BCUT2D eigenvalue weighted by Crippen LogP contribution is -2.34. The number of hydrogen-bond donors (Lipinski definition) is 4. The van der Waals surface area contributed by atoms with Crippen LogP contribution >= 0.6 is 23.2 Å². The summed E-state index contributed by atoms with van der Waals surface area (Å²) in [4.78, 5) is -0.859. The SMILES string of the molecule is CC1CC(Nc2cc(Cl)c(S(=O)(=O)O)cc2Cl)C(O)C1N=Nc1cccc(S(=O)(=O)O)c1. The van der Waals surface area contributed by atoms with Crippen molar-refractivity contribution in [1.82, 2.24) is 0 Å². The van der Waals surface area contributed by atoms with Gasteiger partial charge in [0.1, 0.15) is 10.9 Å². The van der Waals surface area contributed by atoms with E-state index in [1.54, 1.807) is 0 Å². The van der Waals surface area contributed by atoms with E-state index in [4.69, 9.17) is 27.8 Å². The molecule has 1 saturated carbocycles. The maximum Gasteiger partial charge on any atom is 0.296 e. The van der Waals surface area contributed by atoms with Gasteiger partial charge >= 0.3 is 0 Å². The summed E-state index contributed by atoms with van der Waals surface area (Å²) in [5.74, 6) is -0.123. The predicted octanol–water partition coefficient (Wildman–Crippen LogP) is 3.82. The van der Waals surface area contributed by atoms with Crippen molar-refractivity contribution in [1.29, 1.82) is 0 Å². The second kappa shape index (κ2) is 9.21. The second-order valence-corrected chi connectivity index (χ2v) is 11.0. The van der Waals surface area contributed by atoms with Crippen LogP contribution in [0.1, 0.15) is 13.3 Å². The summed E-state index contributed by atoms with van der Waals surface area (Å²) in [7, 11) is -8.93. The highest BCUT2D eigenvalue weighted by Crippen LogP contribution is 2.36. The molecule has 32 heavy (non-hydrogen) atoms. The zero-order valence-corrected chi connectivity index (χ0v) is 19.6. The summed E-state index contributed by atoms with van der Waals surface area (Å²) < 4.78 is 63.5. The van der Waals surface area contributed by atoms with Crippen LogP contribution in [0, 0.1) is 5.92 Å². The van der Waals surface area contributed by atoms with Gasteiger partial charge < -0.3 is 10.4 Å². The molecule has 0 aromatic heterocycles. The van der Waals surface area contributed by atoms with Gasteiger partial charge in [-0.1, -0.05) is 36.2 Å². The number of azo groups is 1. The molecule has 1 aliphatic rings. The highest BCUT2D eigenvalue weighted by atomic mass is 35.5. The summed E-state index contributed by atoms with van der Waals surface area (Å²) in [6.45, 7) is 1.85. The van der Waals surface area contributed by atoms with E-state index in [9.17, 15) is 26.5 Å². The maximum atomic E-state index is 11.3. The molecule has 3 rings (SSSR count). The van der Waals surface area contributed by atoms with E-state index in [1.165, 1.54) is 24.3 Å². The Morgan fingerprint density at radius 3 is 2.34 bits per heavy atom. The topological polar surface area (TPSA) is 166 Å². The van der Waals surface area contributed by atoms with Gasteiger partial charge in [0.25, 0.3) is 20.2 Å². The molecule has 14 heteroatoms. The third kappa shape index (κ3) is 5.57. The molecule has 1 fully saturated rings. The van der Waals surface area contributed by atoms with E-state index in [1.807, 2.05) is 6.92 Å². The van der Waals surface area contributed by atoms with E-state index in [0.717, 1.165) is 12.1 Å². The number of nitrogens with one attached hydrogen (secondary N) is 1. The van der Waals surface area contributed by atoms with Gasteiger partial charge in [0.2, 0.25) is 0 Å². The Balaban J connectivity index is 1.78. The highest BCUT2D eigenvalue weighted by molar-refractivity contribution is 7.86. The van der Waals surface area contributed by atoms with Crippen molar-refractivity contribution in [3.63, 3.8) is 0 Å². The molecular formula is C18H19Cl2N3O7S2. The van der Waals surface area contributed by atoms with Crippen molar-refractivity contribution in [2.75, 3.05) is 5.32 Å². The van der Waals surface area contributed by atoms with Gasteiger partial charge in [0, 0.05) is 0 Å². The minimum Gasteiger partial charge on any atom is -0.389 e. The molecule has 2 aromatic rings. The zero-order valence-electron chi connectivity index (χ0n) is 16.4. The standard InChI is InChI=1S/C18H19Cl2N3O7S2/c1-9-5-15(21-14-7-13(20)16(8-12(14)19)32(28,29)30)18(24)17(9)23-22-10-3-2-4-11(6-10)31(25,26)27/h2-4,6-9,15,17-18,21,24H,5H2,1H3,(H,25,26,27)(H,28,29,30). The molecule has 4 N–H and O–H groups in total. The van der Waals surface area contributed by atoms with Crippen LogP contribution in [0.25, 0.3) is 0 Å². The molecular weight excluding hydrogens is 505 g/mol.